The van der Waals surface area contributed by atoms with Crippen LogP contribution >= 0.6 is 0 Å². The van der Waals surface area contributed by atoms with Gasteiger partial charge in [0.05, 0.1) is 6.61 Å². The van der Waals surface area contributed by atoms with Gasteiger partial charge in [-0.2, -0.15) is 0 Å². The number of rotatable bonds is 6. The van der Waals surface area contributed by atoms with E-state index < -0.39 is 5.97 Å². The highest BCUT2D eigenvalue weighted by Gasteiger charge is 2.21. The lowest BCUT2D eigenvalue weighted by molar-refractivity contribution is -0.320. The third kappa shape index (κ3) is 5.82. The zero-order valence-corrected chi connectivity index (χ0v) is 9.34. The van der Waals surface area contributed by atoms with Crippen LogP contribution in [0.5, 0.6) is 0 Å². The normalized spacial score (nSPS) is 13.8. The highest BCUT2D eigenvalue weighted by atomic mass is 16.7. The SMILES string of the molecule is CC(COCc1ccccc1)CC(O)(O)O. The minimum Gasteiger partial charge on any atom is -0.376 e. The van der Waals surface area contributed by atoms with E-state index in [4.69, 9.17) is 20.1 Å². The molecule has 0 aliphatic rings. The zero-order valence-electron chi connectivity index (χ0n) is 9.34. The molecule has 90 valence electrons. The molecule has 0 bridgehead atoms. The summed E-state index contributed by atoms with van der Waals surface area (Å²) < 4.78 is 5.39. The predicted octanol–water partition coefficient (Wildman–Crippen LogP) is 0.860. The van der Waals surface area contributed by atoms with Gasteiger partial charge in [0.25, 0.3) is 5.97 Å². The van der Waals surface area contributed by atoms with Crippen LogP contribution in [-0.2, 0) is 11.3 Å². The first kappa shape index (κ1) is 13.1. The summed E-state index contributed by atoms with van der Waals surface area (Å²) >= 11 is 0. The highest BCUT2D eigenvalue weighted by molar-refractivity contribution is 5.13. The van der Waals surface area contributed by atoms with E-state index in [-0.39, 0.29) is 12.3 Å². The molecule has 0 aliphatic carbocycles. The molecular formula is C12H18O4. The summed E-state index contributed by atoms with van der Waals surface area (Å²) in [6.45, 7) is 2.64. The molecule has 0 radical (unpaired) electrons. The second-order valence-electron chi connectivity index (χ2n) is 4.08. The van der Waals surface area contributed by atoms with Crippen molar-refractivity contribution in [2.75, 3.05) is 6.61 Å². The third-order valence-corrected chi connectivity index (χ3v) is 2.14. The van der Waals surface area contributed by atoms with Crippen LogP contribution in [0.1, 0.15) is 18.9 Å². The zero-order chi connectivity index (χ0) is 12.0. The number of hydrogen-bond acceptors (Lipinski definition) is 4. The van der Waals surface area contributed by atoms with E-state index in [9.17, 15) is 0 Å². The summed E-state index contributed by atoms with van der Waals surface area (Å²) in [7, 11) is 0. The highest BCUT2D eigenvalue weighted by Crippen LogP contribution is 2.12. The predicted molar refractivity (Wildman–Crippen MR) is 59.3 cm³/mol. The maximum absolute atomic E-state index is 8.76. The largest absolute Gasteiger partial charge is 0.376 e. The fourth-order valence-corrected chi connectivity index (χ4v) is 1.48. The van der Waals surface area contributed by atoms with Crippen molar-refractivity contribution in [3.05, 3.63) is 35.9 Å². The Kier molecular flexibility index (Phi) is 4.89. The molecule has 4 heteroatoms. The van der Waals surface area contributed by atoms with E-state index in [0.717, 1.165) is 5.56 Å². The average molecular weight is 226 g/mol. The van der Waals surface area contributed by atoms with E-state index in [1.807, 2.05) is 30.3 Å². The Morgan fingerprint density at radius 3 is 2.38 bits per heavy atom. The third-order valence-electron chi connectivity index (χ3n) is 2.14. The van der Waals surface area contributed by atoms with E-state index in [1.165, 1.54) is 0 Å². The van der Waals surface area contributed by atoms with Crippen molar-refractivity contribution in [2.24, 2.45) is 5.92 Å². The molecule has 1 aromatic rings. The molecule has 0 saturated heterocycles. The number of hydrogen-bond donors (Lipinski definition) is 3. The molecule has 0 fully saturated rings. The van der Waals surface area contributed by atoms with Gasteiger partial charge >= 0.3 is 0 Å². The Labute approximate surface area is 95.1 Å². The minimum atomic E-state index is -2.60. The van der Waals surface area contributed by atoms with Gasteiger partial charge in [0.2, 0.25) is 0 Å². The van der Waals surface area contributed by atoms with Crippen LogP contribution < -0.4 is 0 Å². The molecule has 0 amide bonds. The molecule has 1 atom stereocenters. The Hall–Kier alpha value is -0.940. The lowest BCUT2D eigenvalue weighted by Crippen LogP contribution is -2.30. The topological polar surface area (TPSA) is 69.9 Å². The maximum Gasteiger partial charge on any atom is 0.275 e. The molecule has 4 nitrogen and oxygen atoms in total. The van der Waals surface area contributed by atoms with Crippen molar-refractivity contribution < 1.29 is 20.1 Å². The monoisotopic (exact) mass is 226 g/mol. The van der Waals surface area contributed by atoms with Gasteiger partial charge in [0.15, 0.2) is 0 Å². The molecule has 1 unspecified atom stereocenters. The van der Waals surface area contributed by atoms with Crippen molar-refractivity contribution in [1.82, 2.24) is 0 Å². The summed E-state index contributed by atoms with van der Waals surface area (Å²) in [6.07, 6.45) is -0.123. The van der Waals surface area contributed by atoms with Gasteiger partial charge in [0, 0.05) is 13.0 Å². The molecule has 1 aromatic carbocycles. The van der Waals surface area contributed by atoms with E-state index >= 15 is 0 Å². The van der Waals surface area contributed by atoms with Crippen LogP contribution in [0, 0.1) is 5.92 Å². The molecular weight excluding hydrogens is 208 g/mol. The van der Waals surface area contributed by atoms with Gasteiger partial charge in [-0.1, -0.05) is 37.3 Å². The van der Waals surface area contributed by atoms with Gasteiger partial charge in [-0.25, -0.2) is 0 Å². The van der Waals surface area contributed by atoms with Crippen LogP contribution in [0.3, 0.4) is 0 Å². The Balaban J connectivity index is 2.21. The Morgan fingerprint density at radius 2 is 1.81 bits per heavy atom. The summed E-state index contributed by atoms with van der Waals surface area (Å²) in [5.74, 6) is -2.72. The Morgan fingerprint density at radius 1 is 1.19 bits per heavy atom. The van der Waals surface area contributed by atoms with Crippen LogP contribution in [0.15, 0.2) is 30.3 Å². The fraction of sp³-hybridized carbons (Fsp3) is 0.500. The van der Waals surface area contributed by atoms with Crippen LogP contribution in [0.2, 0.25) is 0 Å². The molecule has 0 aromatic heterocycles. The van der Waals surface area contributed by atoms with Crippen LogP contribution in [-0.4, -0.2) is 27.9 Å². The first-order valence-corrected chi connectivity index (χ1v) is 5.26. The van der Waals surface area contributed by atoms with E-state index in [2.05, 4.69) is 0 Å². The lowest BCUT2D eigenvalue weighted by atomic mass is 10.1. The lowest BCUT2D eigenvalue weighted by Gasteiger charge is -2.19. The molecule has 0 aliphatic heterocycles. The smallest absolute Gasteiger partial charge is 0.275 e. The van der Waals surface area contributed by atoms with Crippen molar-refractivity contribution in [3.63, 3.8) is 0 Å². The maximum atomic E-state index is 8.76. The fourth-order valence-electron chi connectivity index (χ4n) is 1.48. The summed E-state index contributed by atoms with van der Waals surface area (Å²) in [5, 5.41) is 26.3. The second-order valence-corrected chi connectivity index (χ2v) is 4.08. The van der Waals surface area contributed by atoms with Crippen LogP contribution in [0.4, 0.5) is 0 Å². The molecule has 0 spiro atoms. The van der Waals surface area contributed by atoms with Crippen molar-refractivity contribution >= 4 is 0 Å². The molecule has 0 saturated carbocycles. The van der Waals surface area contributed by atoms with Crippen LogP contribution in [0.25, 0.3) is 0 Å². The quantitative estimate of drug-likeness (QED) is 0.629. The summed E-state index contributed by atoms with van der Waals surface area (Å²) in [5.41, 5.74) is 1.07. The summed E-state index contributed by atoms with van der Waals surface area (Å²) in [6, 6.07) is 9.71. The molecule has 1 rings (SSSR count). The average Bonchev–Trinajstić information content (AvgIpc) is 2.16. The molecule has 3 N–H and O–H groups in total. The number of benzene rings is 1. The first-order chi connectivity index (χ1) is 7.47. The van der Waals surface area contributed by atoms with E-state index in [1.54, 1.807) is 6.92 Å². The van der Waals surface area contributed by atoms with Crippen molar-refractivity contribution in [1.29, 1.82) is 0 Å². The van der Waals surface area contributed by atoms with Crippen molar-refractivity contribution in [2.45, 2.75) is 25.9 Å². The first-order valence-electron chi connectivity index (χ1n) is 5.26. The number of aliphatic hydroxyl groups is 3. The number of ether oxygens (including phenoxy) is 1. The molecule has 16 heavy (non-hydrogen) atoms. The van der Waals surface area contributed by atoms with Gasteiger partial charge in [0.1, 0.15) is 0 Å². The summed E-state index contributed by atoms with van der Waals surface area (Å²) in [4.78, 5) is 0. The minimum absolute atomic E-state index is 0.122. The van der Waals surface area contributed by atoms with E-state index in [0.29, 0.717) is 13.2 Å². The van der Waals surface area contributed by atoms with Crippen molar-refractivity contribution in [3.8, 4) is 0 Å². The molecule has 0 heterocycles. The second kappa shape index (κ2) is 5.96. The standard InChI is InChI=1S/C12H18O4/c1-10(7-12(13,14)15)8-16-9-11-5-3-2-4-6-11/h2-6,10,13-15H,7-9H2,1H3. The van der Waals surface area contributed by atoms with Gasteiger partial charge in [-0.3, -0.25) is 0 Å². The Bertz CT molecular complexity index is 292. The van der Waals surface area contributed by atoms with Gasteiger partial charge in [-0.05, 0) is 11.5 Å². The van der Waals surface area contributed by atoms with Gasteiger partial charge < -0.3 is 20.1 Å². The van der Waals surface area contributed by atoms with Gasteiger partial charge in [-0.15, -0.1) is 0 Å².